The molecule has 0 unspecified atom stereocenters. The number of halogens is 1. The number of nitrogens with one attached hydrogen (secondary N) is 1. The van der Waals surface area contributed by atoms with Crippen molar-refractivity contribution in [3.63, 3.8) is 0 Å². The highest BCUT2D eigenvalue weighted by Crippen LogP contribution is 2.43. The highest BCUT2D eigenvalue weighted by molar-refractivity contribution is 7.80. The van der Waals surface area contributed by atoms with Gasteiger partial charge in [-0.15, -0.1) is 0 Å². The predicted molar refractivity (Wildman–Crippen MR) is 145 cm³/mol. The van der Waals surface area contributed by atoms with Crippen LogP contribution in [0.1, 0.15) is 33.9 Å². The van der Waals surface area contributed by atoms with Crippen LogP contribution < -0.4 is 15.1 Å². The van der Waals surface area contributed by atoms with E-state index in [2.05, 4.69) is 10.3 Å². The summed E-state index contributed by atoms with van der Waals surface area (Å²) in [6.07, 6.45) is 1.75. The van der Waals surface area contributed by atoms with Crippen molar-refractivity contribution in [1.82, 2.24) is 10.3 Å². The number of aromatic carboxylic acids is 1. The Labute approximate surface area is 218 Å². The van der Waals surface area contributed by atoms with Gasteiger partial charge in [-0.3, -0.25) is 4.98 Å². The molecule has 1 aliphatic rings. The second-order valence-electron chi connectivity index (χ2n) is 8.61. The quantitative estimate of drug-likeness (QED) is 0.304. The summed E-state index contributed by atoms with van der Waals surface area (Å²) >= 11 is 12.2. The molecule has 0 aliphatic carbocycles. The molecular formula is C27H23ClN4O3S. The van der Waals surface area contributed by atoms with Crippen LogP contribution in [-0.2, 0) is 0 Å². The van der Waals surface area contributed by atoms with Gasteiger partial charge in [0.15, 0.2) is 5.11 Å². The summed E-state index contributed by atoms with van der Waals surface area (Å²) in [5.74, 6) is 0.0766. The summed E-state index contributed by atoms with van der Waals surface area (Å²) in [5.41, 5.74) is 3.44. The molecule has 2 aromatic heterocycles. The smallest absolute Gasteiger partial charge is 0.335 e. The Hall–Kier alpha value is -3.88. The monoisotopic (exact) mass is 518 g/mol. The third-order valence-electron chi connectivity index (χ3n) is 6.14. The van der Waals surface area contributed by atoms with Gasteiger partial charge in [0.05, 0.1) is 22.3 Å². The number of rotatable bonds is 6. The van der Waals surface area contributed by atoms with E-state index < -0.39 is 5.97 Å². The summed E-state index contributed by atoms with van der Waals surface area (Å²) in [5, 5.41) is 13.8. The summed E-state index contributed by atoms with van der Waals surface area (Å²) in [4.78, 5) is 20.1. The van der Waals surface area contributed by atoms with Crippen LogP contribution in [-0.4, -0.2) is 35.3 Å². The van der Waals surface area contributed by atoms with Gasteiger partial charge in [0.25, 0.3) is 0 Å². The van der Waals surface area contributed by atoms with Crippen LogP contribution in [0.15, 0.2) is 83.4 Å². The van der Waals surface area contributed by atoms with E-state index >= 15 is 0 Å². The molecule has 3 heterocycles. The minimum absolute atomic E-state index is 0.130. The van der Waals surface area contributed by atoms with Crippen molar-refractivity contribution in [1.29, 1.82) is 0 Å². The normalized spacial score (nSPS) is 17.2. The minimum atomic E-state index is -1.03. The molecule has 0 spiro atoms. The van der Waals surface area contributed by atoms with Crippen molar-refractivity contribution >= 4 is 46.3 Å². The molecule has 2 N–H and O–H groups in total. The van der Waals surface area contributed by atoms with E-state index in [0.717, 1.165) is 17.1 Å². The zero-order valence-electron chi connectivity index (χ0n) is 19.6. The molecule has 0 bridgehead atoms. The number of hydrogen-bond donors (Lipinski definition) is 2. The lowest BCUT2D eigenvalue weighted by molar-refractivity contribution is 0.0697. The number of benzene rings is 2. The summed E-state index contributed by atoms with van der Waals surface area (Å²) < 4.78 is 6.33. The van der Waals surface area contributed by atoms with E-state index in [0.29, 0.717) is 27.2 Å². The third-order valence-corrected chi connectivity index (χ3v) is 6.78. The fourth-order valence-electron chi connectivity index (χ4n) is 4.34. The van der Waals surface area contributed by atoms with E-state index in [1.807, 2.05) is 72.4 Å². The maximum absolute atomic E-state index is 11.5. The second kappa shape index (κ2) is 9.64. The van der Waals surface area contributed by atoms with Crippen LogP contribution in [0.5, 0.6) is 0 Å². The first kappa shape index (κ1) is 23.8. The molecule has 2 aromatic carbocycles. The van der Waals surface area contributed by atoms with Gasteiger partial charge in [-0.1, -0.05) is 17.7 Å². The summed E-state index contributed by atoms with van der Waals surface area (Å²) in [7, 11) is 3.98. The van der Waals surface area contributed by atoms with Crippen LogP contribution >= 0.6 is 23.8 Å². The molecule has 7 nitrogen and oxygen atoms in total. The standard InChI is InChI=1S/C27H23ClN4O3S/c1-31(2)17-7-9-18(10-8-17)32-25(24(30-27(32)36)21-5-3-4-14-29-21)23-13-12-22(35-23)19-15-16(26(33)34)6-11-20(19)28/h3-15,24-25H,1-2H3,(H,30,36)(H,33,34)/t24-,25-/m0/s1. The van der Waals surface area contributed by atoms with Gasteiger partial charge in [0.2, 0.25) is 0 Å². The van der Waals surface area contributed by atoms with Crippen LogP contribution in [0.2, 0.25) is 5.02 Å². The number of anilines is 2. The van der Waals surface area contributed by atoms with Crippen molar-refractivity contribution in [2.45, 2.75) is 12.1 Å². The Morgan fingerprint density at radius 2 is 1.89 bits per heavy atom. The Bertz CT molecular complexity index is 1420. The molecule has 36 heavy (non-hydrogen) atoms. The molecule has 1 fully saturated rings. The van der Waals surface area contributed by atoms with Gasteiger partial charge in [0, 0.05) is 37.2 Å². The average Bonchev–Trinajstić information content (AvgIpc) is 3.49. The zero-order valence-corrected chi connectivity index (χ0v) is 21.1. The molecule has 5 rings (SSSR count). The first-order valence-corrected chi connectivity index (χ1v) is 12.0. The van der Waals surface area contributed by atoms with Crippen LogP contribution in [0.25, 0.3) is 11.3 Å². The number of hydrogen-bond acceptors (Lipinski definition) is 5. The van der Waals surface area contributed by atoms with Gasteiger partial charge in [0.1, 0.15) is 17.6 Å². The van der Waals surface area contributed by atoms with E-state index in [9.17, 15) is 9.90 Å². The number of pyridine rings is 1. The number of carboxylic acids is 1. The van der Waals surface area contributed by atoms with Crippen LogP contribution in [0.3, 0.4) is 0 Å². The van der Waals surface area contributed by atoms with Gasteiger partial charge < -0.3 is 24.6 Å². The van der Waals surface area contributed by atoms with Crippen molar-refractivity contribution < 1.29 is 14.3 Å². The van der Waals surface area contributed by atoms with E-state index in [-0.39, 0.29) is 17.6 Å². The van der Waals surface area contributed by atoms with Gasteiger partial charge in [-0.05, 0) is 78.9 Å². The maximum atomic E-state index is 11.5. The Balaban J connectivity index is 1.59. The lowest BCUT2D eigenvalue weighted by atomic mass is 10.0. The highest BCUT2D eigenvalue weighted by Gasteiger charge is 2.42. The summed E-state index contributed by atoms with van der Waals surface area (Å²) in [6, 6.07) is 21.5. The average molecular weight is 519 g/mol. The van der Waals surface area contributed by atoms with Gasteiger partial charge in [-0.25, -0.2) is 4.79 Å². The van der Waals surface area contributed by atoms with Crippen LogP contribution in [0, 0.1) is 0 Å². The van der Waals surface area contributed by atoms with Crippen molar-refractivity contribution in [2.75, 3.05) is 23.9 Å². The summed E-state index contributed by atoms with van der Waals surface area (Å²) in [6.45, 7) is 0. The van der Waals surface area contributed by atoms with Crippen LogP contribution in [0.4, 0.5) is 11.4 Å². The first-order valence-electron chi connectivity index (χ1n) is 11.2. The third kappa shape index (κ3) is 4.41. The molecule has 1 saturated heterocycles. The zero-order chi connectivity index (χ0) is 25.4. The van der Waals surface area contributed by atoms with Crippen molar-refractivity contribution in [3.05, 3.63) is 101 Å². The Morgan fingerprint density at radius 3 is 2.56 bits per heavy atom. The number of furan rings is 1. The van der Waals surface area contributed by atoms with E-state index in [1.54, 1.807) is 18.3 Å². The molecule has 0 amide bonds. The fraction of sp³-hybridized carbons (Fsp3) is 0.148. The SMILES string of the molecule is CN(C)c1ccc(N2C(=S)N[C@@H](c3ccccn3)[C@@H]2c2ccc(-c3cc(C(=O)O)ccc3Cl)o2)cc1. The number of carboxylic acid groups (broad SMARTS) is 1. The lowest BCUT2D eigenvalue weighted by Gasteiger charge is -2.26. The highest BCUT2D eigenvalue weighted by atomic mass is 35.5. The molecule has 0 saturated carbocycles. The van der Waals surface area contributed by atoms with Gasteiger partial charge in [-0.2, -0.15) is 0 Å². The predicted octanol–water partition coefficient (Wildman–Crippen LogP) is 5.94. The Morgan fingerprint density at radius 1 is 1.11 bits per heavy atom. The number of nitrogens with zero attached hydrogens (tertiary/aromatic N) is 3. The topological polar surface area (TPSA) is 81.8 Å². The minimum Gasteiger partial charge on any atom is -0.478 e. The number of carbonyl (C=O) groups is 1. The molecule has 2 atom stereocenters. The Kier molecular flexibility index (Phi) is 6.38. The van der Waals surface area contributed by atoms with Crippen molar-refractivity contribution in [2.24, 2.45) is 0 Å². The largest absolute Gasteiger partial charge is 0.478 e. The number of aromatic nitrogens is 1. The van der Waals surface area contributed by atoms with Gasteiger partial charge >= 0.3 is 5.97 Å². The van der Waals surface area contributed by atoms with Crippen molar-refractivity contribution in [3.8, 4) is 11.3 Å². The second-order valence-corrected chi connectivity index (χ2v) is 9.40. The lowest BCUT2D eigenvalue weighted by Crippen LogP contribution is -2.29. The maximum Gasteiger partial charge on any atom is 0.335 e. The molecule has 0 radical (unpaired) electrons. The molecule has 1 aliphatic heterocycles. The molecule has 9 heteroatoms. The fourth-order valence-corrected chi connectivity index (χ4v) is 4.89. The molecule has 4 aromatic rings. The van der Waals surface area contributed by atoms with E-state index in [1.165, 1.54) is 12.1 Å². The number of thiocarbonyl (C=S) groups is 1. The van der Waals surface area contributed by atoms with E-state index in [4.69, 9.17) is 28.2 Å². The molecular weight excluding hydrogens is 496 g/mol. The molecule has 182 valence electrons. The first-order chi connectivity index (χ1) is 17.3.